The SMILES string of the molecule is O=C(NC(=S)NC1CC[NH+](Cc2ccccc2)CC1)c1ccc(F)cc1. The van der Waals surface area contributed by atoms with Crippen molar-refractivity contribution in [3.05, 3.63) is 71.5 Å². The molecular formula is C20H23FN3OS+. The Morgan fingerprint density at radius 2 is 1.73 bits per heavy atom. The van der Waals surface area contributed by atoms with Gasteiger partial charge in [-0.15, -0.1) is 0 Å². The van der Waals surface area contributed by atoms with E-state index in [0.29, 0.717) is 10.7 Å². The third-order valence-corrected chi connectivity index (χ3v) is 4.88. The monoisotopic (exact) mass is 372 g/mol. The summed E-state index contributed by atoms with van der Waals surface area (Å²) in [5.41, 5.74) is 1.74. The molecule has 0 radical (unpaired) electrons. The fourth-order valence-corrected chi connectivity index (χ4v) is 3.49. The second-order valence-corrected chi connectivity index (χ2v) is 7.03. The summed E-state index contributed by atoms with van der Waals surface area (Å²) in [5, 5.41) is 6.22. The van der Waals surface area contributed by atoms with E-state index in [9.17, 15) is 9.18 Å². The van der Waals surface area contributed by atoms with Crippen molar-refractivity contribution in [1.29, 1.82) is 0 Å². The number of thiocarbonyl (C=S) groups is 1. The molecule has 4 nitrogen and oxygen atoms in total. The maximum atomic E-state index is 12.9. The molecule has 1 heterocycles. The Hall–Kier alpha value is -2.31. The van der Waals surface area contributed by atoms with Crippen LogP contribution in [0.3, 0.4) is 0 Å². The molecule has 3 rings (SSSR count). The van der Waals surface area contributed by atoms with Gasteiger partial charge in [-0.05, 0) is 36.5 Å². The highest BCUT2D eigenvalue weighted by molar-refractivity contribution is 7.80. The average molecular weight is 372 g/mol. The topological polar surface area (TPSA) is 45.6 Å². The molecule has 1 aliphatic heterocycles. The highest BCUT2D eigenvalue weighted by Gasteiger charge is 2.23. The number of halogens is 1. The second kappa shape index (κ2) is 8.87. The number of rotatable bonds is 4. The zero-order chi connectivity index (χ0) is 18.4. The smallest absolute Gasteiger partial charge is 0.257 e. The van der Waals surface area contributed by atoms with Gasteiger partial charge in [0.15, 0.2) is 5.11 Å². The predicted molar refractivity (Wildman–Crippen MR) is 103 cm³/mol. The highest BCUT2D eigenvalue weighted by Crippen LogP contribution is 2.04. The number of quaternary nitrogens is 1. The molecule has 6 heteroatoms. The molecule has 0 bridgehead atoms. The summed E-state index contributed by atoms with van der Waals surface area (Å²) >= 11 is 5.25. The van der Waals surface area contributed by atoms with E-state index in [1.54, 1.807) is 4.90 Å². The Bertz CT molecular complexity index is 743. The summed E-state index contributed by atoms with van der Waals surface area (Å²) in [6.07, 6.45) is 2.02. The molecule has 2 aromatic carbocycles. The van der Waals surface area contributed by atoms with Crippen molar-refractivity contribution in [2.24, 2.45) is 0 Å². The minimum absolute atomic E-state index is 0.274. The molecule has 136 valence electrons. The number of carbonyl (C=O) groups excluding carboxylic acids is 1. The molecule has 0 atom stereocenters. The number of benzene rings is 2. The van der Waals surface area contributed by atoms with E-state index in [1.807, 2.05) is 6.07 Å². The highest BCUT2D eigenvalue weighted by atomic mass is 32.1. The summed E-state index contributed by atoms with van der Waals surface area (Å²) in [5.74, 6) is -0.693. The minimum Gasteiger partial charge on any atom is -0.359 e. The Morgan fingerprint density at radius 1 is 1.08 bits per heavy atom. The van der Waals surface area contributed by atoms with Gasteiger partial charge in [-0.25, -0.2) is 4.39 Å². The summed E-state index contributed by atoms with van der Waals surface area (Å²) in [6.45, 7) is 3.18. The van der Waals surface area contributed by atoms with E-state index in [-0.39, 0.29) is 17.8 Å². The number of hydrogen-bond acceptors (Lipinski definition) is 2. The minimum atomic E-state index is -0.369. The predicted octanol–water partition coefficient (Wildman–Crippen LogP) is 1.68. The number of amides is 1. The van der Waals surface area contributed by atoms with Crippen LogP contribution in [0.2, 0.25) is 0 Å². The lowest BCUT2D eigenvalue weighted by molar-refractivity contribution is -0.918. The van der Waals surface area contributed by atoms with Crippen molar-refractivity contribution in [3.8, 4) is 0 Å². The molecule has 26 heavy (non-hydrogen) atoms. The summed E-state index contributed by atoms with van der Waals surface area (Å²) in [7, 11) is 0. The van der Waals surface area contributed by atoms with Crippen LogP contribution < -0.4 is 15.5 Å². The number of carbonyl (C=O) groups is 1. The first-order valence-corrected chi connectivity index (χ1v) is 9.26. The largest absolute Gasteiger partial charge is 0.359 e. The maximum Gasteiger partial charge on any atom is 0.257 e. The molecule has 1 fully saturated rings. The first-order valence-electron chi connectivity index (χ1n) is 8.85. The number of nitrogens with one attached hydrogen (secondary N) is 3. The third kappa shape index (κ3) is 5.34. The quantitative estimate of drug-likeness (QED) is 0.716. The zero-order valence-corrected chi connectivity index (χ0v) is 15.3. The van der Waals surface area contributed by atoms with Gasteiger partial charge in [-0.3, -0.25) is 10.1 Å². The fourth-order valence-electron chi connectivity index (χ4n) is 3.23. The summed E-state index contributed by atoms with van der Waals surface area (Å²) < 4.78 is 12.9. The van der Waals surface area contributed by atoms with E-state index < -0.39 is 0 Å². The van der Waals surface area contributed by atoms with Crippen LogP contribution in [0, 0.1) is 5.82 Å². The third-order valence-electron chi connectivity index (χ3n) is 4.66. The van der Waals surface area contributed by atoms with Crippen LogP contribution in [0.1, 0.15) is 28.8 Å². The Labute approximate surface area is 158 Å². The van der Waals surface area contributed by atoms with Gasteiger partial charge in [-0.1, -0.05) is 30.3 Å². The van der Waals surface area contributed by atoms with Crippen LogP contribution in [-0.2, 0) is 6.54 Å². The van der Waals surface area contributed by atoms with Gasteiger partial charge in [0.25, 0.3) is 5.91 Å². The van der Waals surface area contributed by atoms with Crippen molar-refractivity contribution >= 4 is 23.2 Å². The van der Waals surface area contributed by atoms with Crippen molar-refractivity contribution < 1.29 is 14.1 Å². The molecular weight excluding hydrogens is 349 g/mol. The average Bonchev–Trinajstić information content (AvgIpc) is 2.64. The second-order valence-electron chi connectivity index (χ2n) is 6.62. The van der Waals surface area contributed by atoms with Crippen LogP contribution >= 0.6 is 12.2 Å². The molecule has 0 spiro atoms. The molecule has 0 unspecified atom stereocenters. The summed E-state index contributed by atoms with van der Waals surface area (Å²) in [6, 6.07) is 16.2. The van der Waals surface area contributed by atoms with Crippen LogP contribution in [0.4, 0.5) is 4.39 Å². The molecule has 0 aliphatic carbocycles. The first-order chi connectivity index (χ1) is 12.6. The first kappa shape index (κ1) is 18.5. The molecule has 1 aliphatic rings. The lowest BCUT2D eigenvalue weighted by Gasteiger charge is -2.30. The van der Waals surface area contributed by atoms with Crippen LogP contribution in [0.25, 0.3) is 0 Å². The Morgan fingerprint density at radius 3 is 2.38 bits per heavy atom. The van der Waals surface area contributed by atoms with Gasteiger partial charge in [0.05, 0.1) is 13.1 Å². The van der Waals surface area contributed by atoms with Gasteiger partial charge in [0.2, 0.25) is 0 Å². The van der Waals surface area contributed by atoms with E-state index >= 15 is 0 Å². The molecule has 0 saturated carbocycles. The molecule has 3 N–H and O–H groups in total. The van der Waals surface area contributed by atoms with Crippen LogP contribution in [0.5, 0.6) is 0 Å². The number of hydrogen-bond donors (Lipinski definition) is 3. The van der Waals surface area contributed by atoms with Gasteiger partial charge in [-0.2, -0.15) is 0 Å². The number of likely N-dealkylation sites (tertiary alicyclic amines) is 1. The van der Waals surface area contributed by atoms with Crippen molar-refractivity contribution in [1.82, 2.24) is 10.6 Å². The van der Waals surface area contributed by atoms with Crippen LogP contribution in [-0.4, -0.2) is 30.2 Å². The van der Waals surface area contributed by atoms with Crippen molar-refractivity contribution in [3.63, 3.8) is 0 Å². The molecule has 2 aromatic rings. The van der Waals surface area contributed by atoms with Gasteiger partial charge < -0.3 is 10.2 Å². The summed E-state index contributed by atoms with van der Waals surface area (Å²) in [4.78, 5) is 13.7. The normalized spacial score (nSPS) is 19.6. The number of piperidine rings is 1. The zero-order valence-electron chi connectivity index (χ0n) is 14.5. The van der Waals surface area contributed by atoms with E-state index in [4.69, 9.17) is 12.2 Å². The Kier molecular flexibility index (Phi) is 6.30. The van der Waals surface area contributed by atoms with Gasteiger partial charge >= 0.3 is 0 Å². The molecule has 1 saturated heterocycles. The lowest BCUT2D eigenvalue weighted by atomic mass is 10.0. The standard InChI is InChI=1S/C20H22FN3OS/c21-17-8-6-16(7-9-17)19(25)23-20(26)22-18-10-12-24(13-11-18)14-15-4-2-1-3-5-15/h1-9,18H,10-14H2,(H2,22,23,25,26)/p+1. The fraction of sp³-hybridized carbons (Fsp3) is 0.300. The van der Waals surface area contributed by atoms with E-state index in [2.05, 4.69) is 34.9 Å². The van der Waals surface area contributed by atoms with E-state index in [1.165, 1.54) is 29.8 Å². The van der Waals surface area contributed by atoms with Gasteiger partial charge in [0.1, 0.15) is 12.4 Å². The van der Waals surface area contributed by atoms with Gasteiger partial charge in [0, 0.05) is 30.0 Å². The van der Waals surface area contributed by atoms with Crippen molar-refractivity contribution in [2.45, 2.75) is 25.4 Å². The van der Waals surface area contributed by atoms with Crippen LogP contribution in [0.15, 0.2) is 54.6 Å². The Balaban J connectivity index is 1.41. The lowest BCUT2D eigenvalue weighted by Crippen LogP contribution is -3.12. The molecule has 0 aromatic heterocycles. The maximum absolute atomic E-state index is 12.9. The molecule has 1 amide bonds. The van der Waals surface area contributed by atoms with E-state index in [0.717, 1.165) is 32.5 Å². The van der Waals surface area contributed by atoms with Crippen molar-refractivity contribution in [2.75, 3.05) is 13.1 Å².